The molecule has 178 valence electrons. The summed E-state index contributed by atoms with van der Waals surface area (Å²) in [6, 6.07) is 4.87. The molecule has 1 aromatic carbocycles. The first-order chi connectivity index (χ1) is 16.2. The van der Waals surface area contributed by atoms with Crippen LogP contribution < -0.4 is 5.32 Å². The first kappa shape index (κ1) is 22.6. The van der Waals surface area contributed by atoms with Crippen LogP contribution in [0.2, 0.25) is 5.02 Å². The van der Waals surface area contributed by atoms with Gasteiger partial charge in [0.15, 0.2) is 0 Å². The fourth-order valence-electron chi connectivity index (χ4n) is 4.82. The van der Waals surface area contributed by atoms with Crippen molar-refractivity contribution in [2.45, 2.75) is 38.0 Å². The van der Waals surface area contributed by atoms with Crippen molar-refractivity contribution >= 4 is 23.5 Å². The molecule has 34 heavy (non-hydrogen) atoms. The Labute approximate surface area is 198 Å². The number of carbonyl (C=O) groups is 1. The zero-order valence-corrected chi connectivity index (χ0v) is 18.8. The molecule has 2 aromatic heterocycles. The number of piperidine rings is 2. The van der Waals surface area contributed by atoms with Gasteiger partial charge in [-0.3, -0.25) is 4.79 Å². The number of alkyl halides is 3. The van der Waals surface area contributed by atoms with Gasteiger partial charge in [-0.2, -0.15) is 28.2 Å². The number of rotatable bonds is 5. The van der Waals surface area contributed by atoms with Crippen LogP contribution in [0.3, 0.4) is 0 Å². The second-order valence-corrected chi connectivity index (χ2v) is 9.11. The van der Waals surface area contributed by atoms with Crippen LogP contribution in [0.15, 0.2) is 43.0 Å². The second-order valence-electron chi connectivity index (χ2n) is 8.68. The molecule has 1 amide bonds. The number of hydrogen-bond acceptors (Lipinski definition) is 6. The third-order valence-corrected chi connectivity index (χ3v) is 6.99. The van der Waals surface area contributed by atoms with E-state index in [9.17, 15) is 18.0 Å². The summed E-state index contributed by atoms with van der Waals surface area (Å²) in [7, 11) is 0. The lowest BCUT2D eigenvalue weighted by Crippen LogP contribution is -2.64. The first-order valence-electron chi connectivity index (χ1n) is 10.8. The average molecular weight is 492 g/mol. The van der Waals surface area contributed by atoms with Crippen molar-refractivity contribution in [2.24, 2.45) is 11.8 Å². The normalized spacial score (nSPS) is 24.0. The predicted molar refractivity (Wildman–Crippen MR) is 118 cm³/mol. The fourth-order valence-corrected chi connectivity index (χ4v) is 4.99. The Morgan fingerprint density at radius 3 is 2.50 bits per heavy atom. The molecule has 0 spiro atoms. The number of nitrogens with one attached hydrogen (secondary N) is 1. The summed E-state index contributed by atoms with van der Waals surface area (Å²) in [6.45, 7) is 2.40. The number of aromatic nitrogens is 5. The minimum absolute atomic E-state index is 0.0754. The predicted octanol–water partition coefficient (Wildman–Crippen LogP) is 4.08. The maximum atomic E-state index is 13.8. The second kappa shape index (κ2) is 8.53. The van der Waals surface area contributed by atoms with Gasteiger partial charge >= 0.3 is 6.18 Å². The molecule has 2 atom stereocenters. The van der Waals surface area contributed by atoms with Gasteiger partial charge in [-0.25, -0.2) is 9.97 Å². The monoisotopic (exact) mass is 491 g/mol. The third kappa shape index (κ3) is 4.08. The van der Waals surface area contributed by atoms with Crippen LogP contribution >= 0.6 is 11.6 Å². The van der Waals surface area contributed by atoms with Crippen molar-refractivity contribution < 1.29 is 18.0 Å². The van der Waals surface area contributed by atoms with E-state index in [0.717, 1.165) is 25.2 Å². The summed E-state index contributed by atoms with van der Waals surface area (Å²) in [4.78, 5) is 24.7. The Balaban J connectivity index is 1.40. The van der Waals surface area contributed by atoms with E-state index in [1.807, 2.05) is 4.90 Å². The number of hydrogen-bond donors (Lipinski definition) is 1. The molecule has 8 nitrogen and oxygen atoms in total. The Morgan fingerprint density at radius 2 is 1.85 bits per heavy atom. The zero-order chi connectivity index (χ0) is 24.0. The topological polar surface area (TPSA) is 88.8 Å². The van der Waals surface area contributed by atoms with E-state index in [1.165, 1.54) is 17.2 Å². The van der Waals surface area contributed by atoms with Crippen molar-refractivity contribution in [3.63, 3.8) is 0 Å². The highest BCUT2D eigenvalue weighted by Crippen LogP contribution is 2.47. The van der Waals surface area contributed by atoms with Gasteiger partial charge in [-0.1, -0.05) is 18.5 Å². The minimum atomic E-state index is -4.50. The summed E-state index contributed by atoms with van der Waals surface area (Å²) in [5.41, 5.74) is -0.00818. The number of amides is 1. The molecule has 0 radical (unpaired) electrons. The molecule has 6 rings (SSSR count). The average Bonchev–Trinajstić information content (AvgIpc) is 3.31. The highest BCUT2D eigenvalue weighted by molar-refractivity contribution is 6.31. The molecule has 2 bridgehead atoms. The lowest BCUT2D eigenvalue weighted by Gasteiger charge is -2.57. The lowest BCUT2D eigenvalue weighted by atomic mass is 9.64. The molecule has 3 fully saturated rings. The van der Waals surface area contributed by atoms with Crippen LogP contribution in [0.1, 0.15) is 35.7 Å². The molecule has 0 unspecified atom stereocenters. The fraction of sp³-hybridized carbons (Fsp3) is 0.409. The molecule has 12 heteroatoms. The van der Waals surface area contributed by atoms with E-state index in [4.69, 9.17) is 11.6 Å². The molecule has 4 heterocycles. The molecule has 2 aliphatic heterocycles. The number of benzene rings is 1. The molecule has 1 saturated carbocycles. The number of halogens is 4. The van der Waals surface area contributed by atoms with Crippen molar-refractivity contribution in [3.8, 4) is 5.69 Å². The highest BCUT2D eigenvalue weighted by Gasteiger charge is 2.50. The first-order valence-corrected chi connectivity index (χ1v) is 11.2. The summed E-state index contributed by atoms with van der Waals surface area (Å²) < 4.78 is 38.4. The van der Waals surface area contributed by atoms with E-state index < -0.39 is 11.7 Å². The van der Waals surface area contributed by atoms with Crippen molar-refractivity contribution in [1.29, 1.82) is 0 Å². The van der Waals surface area contributed by atoms with Crippen LogP contribution in [0.5, 0.6) is 0 Å². The smallest absolute Gasteiger partial charge is 0.352 e. The number of nitrogens with zero attached hydrogens (tertiary/aromatic N) is 6. The van der Waals surface area contributed by atoms with E-state index in [-0.39, 0.29) is 29.9 Å². The summed E-state index contributed by atoms with van der Waals surface area (Å²) in [5.74, 6) is 0.559. The van der Waals surface area contributed by atoms with E-state index in [2.05, 4.69) is 32.4 Å². The molecular formula is C22H21ClF3N7O. The SMILES string of the molecule is C[C@@H]1C2CC(C2)N(C(=O)c2cc(Cl)ccc2-n2nccn2)[C@@H]1CNc1ncc(C(F)(F)F)cn1. The zero-order valence-electron chi connectivity index (χ0n) is 18.1. The van der Waals surface area contributed by atoms with Gasteiger partial charge in [-0.15, -0.1) is 0 Å². The Kier molecular flexibility index (Phi) is 5.67. The Hall–Kier alpha value is -3.21. The maximum absolute atomic E-state index is 13.8. The number of anilines is 1. The third-order valence-electron chi connectivity index (χ3n) is 6.76. The number of carbonyl (C=O) groups excluding carboxylic acids is 1. The molecular weight excluding hydrogens is 471 g/mol. The van der Waals surface area contributed by atoms with Gasteiger partial charge < -0.3 is 10.2 Å². The van der Waals surface area contributed by atoms with Gasteiger partial charge in [-0.05, 0) is 42.9 Å². The molecule has 1 aliphatic carbocycles. The van der Waals surface area contributed by atoms with Crippen LogP contribution in [-0.2, 0) is 6.18 Å². The van der Waals surface area contributed by atoms with Gasteiger partial charge in [0.25, 0.3) is 5.91 Å². The highest BCUT2D eigenvalue weighted by atomic mass is 35.5. The molecule has 2 saturated heterocycles. The van der Waals surface area contributed by atoms with Crippen LogP contribution in [-0.4, -0.2) is 54.4 Å². The van der Waals surface area contributed by atoms with Gasteiger partial charge in [0, 0.05) is 30.0 Å². The standard InChI is InChI=1S/C22H21ClF3N7O/c1-12-13-6-16(7-13)32(19(12)11-29-21-27-9-14(10-28-21)22(24,25)26)20(34)17-8-15(23)2-3-18(17)33-30-4-5-31-33/h2-5,8-10,12-13,16,19H,6-7,11H2,1H3,(H,27,28,29)/t12-,13?,16?,19-/m1/s1. The summed E-state index contributed by atoms with van der Waals surface area (Å²) in [5, 5.41) is 11.7. The molecule has 3 aliphatic rings. The van der Waals surface area contributed by atoms with E-state index >= 15 is 0 Å². The van der Waals surface area contributed by atoms with Crippen LogP contribution in [0, 0.1) is 11.8 Å². The largest absolute Gasteiger partial charge is 0.419 e. The van der Waals surface area contributed by atoms with Crippen LogP contribution in [0.4, 0.5) is 19.1 Å². The van der Waals surface area contributed by atoms with Crippen molar-refractivity contribution in [3.05, 3.63) is 59.1 Å². The molecule has 1 N–H and O–H groups in total. The quantitative estimate of drug-likeness (QED) is 0.578. The van der Waals surface area contributed by atoms with E-state index in [1.54, 1.807) is 18.2 Å². The maximum Gasteiger partial charge on any atom is 0.419 e. The van der Waals surface area contributed by atoms with Gasteiger partial charge in [0.1, 0.15) is 0 Å². The van der Waals surface area contributed by atoms with E-state index in [0.29, 0.717) is 28.7 Å². The van der Waals surface area contributed by atoms with Crippen LogP contribution in [0.25, 0.3) is 5.69 Å². The Morgan fingerprint density at radius 1 is 1.18 bits per heavy atom. The Bertz CT molecular complexity index is 1180. The van der Waals surface area contributed by atoms with Gasteiger partial charge in [0.2, 0.25) is 5.95 Å². The van der Waals surface area contributed by atoms with Crippen molar-refractivity contribution in [1.82, 2.24) is 29.9 Å². The summed E-state index contributed by atoms with van der Waals surface area (Å²) >= 11 is 6.23. The van der Waals surface area contributed by atoms with Gasteiger partial charge in [0.05, 0.1) is 35.2 Å². The minimum Gasteiger partial charge on any atom is -0.352 e. The van der Waals surface area contributed by atoms with Crippen molar-refractivity contribution in [2.75, 3.05) is 11.9 Å². The summed E-state index contributed by atoms with van der Waals surface area (Å²) in [6.07, 6.45) is 1.87. The lowest BCUT2D eigenvalue weighted by molar-refractivity contribution is -0.138. The molecule has 3 aromatic rings. The number of fused-ring (bicyclic) bond motifs is 2.